The second-order valence-electron chi connectivity index (χ2n) is 6.10. The number of aromatic nitrogens is 4. The van der Waals surface area contributed by atoms with Crippen LogP contribution in [0.25, 0.3) is 11.0 Å². The van der Waals surface area contributed by atoms with Gasteiger partial charge in [0.05, 0.1) is 11.6 Å². The molecule has 0 spiro atoms. The van der Waals surface area contributed by atoms with Gasteiger partial charge in [-0.2, -0.15) is 5.10 Å². The van der Waals surface area contributed by atoms with E-state index in [2.05, 4.69) is 20.0 Å². The molecule has 1 aliphatic heterocycles. The monoisotopic (exact) mass is 345 g/mol. The van der Waals surface area contributed by atoms with Gasteiger partial charge in [0.1, 0.15) is 18.0 Å². The molecule has 0 amide bonds. The van der Waals surface area contributed by atoms with E-state index in [1.54, 1.807) is 29.3 Å². The summed E-state index contributed by atoms with van der Waals surface area (Å²) in [5, 5.41) is 5.68. The molecule has 1 saturated heterocycles. The van der Waals surface area contributed by atoms with Crippen molar-refractivity contribution in [2.45, 2.75) is 25.3 Å². The number of anilines is 1. The number of aryl methyl sites for hydroxylation is 1. The van der Waals surface area contributed by atoms with Gasteiger partial charge in [-0.25, -0.2) is 14.4 Å². The smallest absolute Gasteiger partial charge is 0.163 e. The fourth-order valence-electron chi connectivity index (χ4n) is 3.47. The molecule has 0 N–H and O–H groups in total. The highest BCUT2D eigenvalue weighted by molar-refractivity contribution is 6.31. The number of fused-ring (bicyclic) bond motifs is 1. The first-order valence-electron chi connectivity index (χ1n) is 7.97. The molecule has 0 bridgehead atoms. The van der Waals surface area contributed by atoms with E-state index < -0.39 is 0 Å². The van der Waals surface area contributed by atoms with Crippen molar-refractivity contribution in [3.05, 3.63) is 47.1 Å². The van der Waals surface area contributed by atoms with Crippen molar-refractivity contribution in [1.82, 2.24) is 19.7 Å². The molecule has 0 saturated carbocycles. The van der Waals surface area contributed by atoms with Crippen LogP contribution in [0.3, 0.4) is 0 Å². The van der Waals surface area contributed by atoms with Crippen LogP contribution in [0.2, 0.25) is 5.02 Å². The van der Waals surface area contributed by atoms with Crippen LogP contribution < -0.4 is 4.90 Å². The number of hydrogen-bond acceptors (Lipinski definition) is 4. The third-order valence-corrected chi connectivity index (χ3v) is 5.01. The van der Waals surface area contributed by atoms with Crippen LogP contribution in [-0.2, 0) is 13.5 Å². The summed E-state index contributed by atoms with van der Waals surface area (Å²) in [6.45, 7) is 0.887. The molecule has 7 heteroatoms. The summed E-state index contributed by atoms with van der Waals surface area (Å²) in [5.74, 6) is 0.617. The van der Waals surface area contributed by atoms with Crippen molar-refractivity contribution in [2.24, 2.45) is 7.05 Å². The van der Waals surface area contributed by atoms with Gasteiger partial charge in [-0.1, -0.05) is 17.7 Å². The van der Waals surface area contributed by atoms with Gasteiger partial charge in [0.15, 0.2) is 5.65 Å². The number of halogens is 2. The van der Waals surface area contributed by atoms with Gasteiger partial charge < -0.3 is 4.90 Å². The maximum Gasteiger partial charge on any atom is 0.163 e. The highest BCUT2D eigenvalue weighted by atomic mass is 35.5. The van der Waals surface area contributed by atoms with Crippen LogP contribution in [0.15, 0.2) is 30.7 Å². The van der Waals surface area contributed by atoms with Crippen LogP contribution in [-0.4, -0.2) is 32.3 Å². The Morgan fingerprint density at radius 2 is 2.21 bits per heavy atom. The van der Waals surface area contributed by atoms with E-state index in [1.165, 1.54) is 6.07 Å². The quantitative estimate of drug-likeness (QED) is 0.730. The molecule has 1 fully saturated rings. The van der Waals surface area contributed by atoms with Crippen LogP contribution in [0, 0.1) is 5.82 Å². The van der Waals surface area contributed by atoms with E-state index in [-0.39, 0.29) is 11.9 Å². The Bertz CT molecular complexity index is 874. The Kier molecular flexibility index (Phi) is 3.84. The largest absolute Gasteiger partial charge is 0.353 e. The summed E-state index contributed by atoms with van der Waals surface area (Å²) in [4.78, 5) is 11.0. The zero-order valence-corrected chi connectivity index (χ0v) is 14.0. The minimum Gasteiger partial charge on any atom is -0.353 e. The number of rotatable bonds is 3. The summed E-state index contributed by atoms with van der Waals surface area (Å²) in [6, 6.07) is 5.00. The van der Waals surface area contributed by atoms with E-state index >= 15 is 0 Å². The molecule has 2 aromatic heterocycles. The Morgan fingerprint density at radius 1 is 1.33 bits per heavy atom. The van der Waals surface area contributed by atoms with Crippen molar-refractivity contribution < 1.29 is 4.39 Å². The Hall–Kier alpha value is -2.21. The predicted octanol–water partition coefficient (Wildman–Crippen LogP) is 3.37. The average molecular weight is 346 g/mol. The molecule has 5 nitrogen and oxygen atoms in total. The molecule has 4 rings (SSSR count). The molecule has 1 aliphatic rings. The zero-order valence-electron chi connectivity index (χ0n) is 13.3. The van der Waals surface area contributed by atoms with E-state index in [4.69, 9.17) is 11.6 Å². The molecule has 3 heterocycles. The van der Waals surface area contributed by atoms with Gasteiger partial charge in [-0.3, -0.25) is 4.68 Å². The molecule has 1 unspecified atom stereocenters. The molecule has 1 aromatic carbocycles. The Labute approximate surface area is 144 Å². The average Bonchev–Trinajstić information content (AvgIpc) is 3.18. The fourth-order valence-corrected chi connectivity index (χ4v) is 3.71. The summed E-state index contributed by atoms with van der Waals surface area (Å²) in [5.41, 5.74) is 1.38. The van der Waals surface area contributed by atoms with E-state index in [1.807, 2.05) is 7.05 Å². The van der Waals surface area contributed by atoms with Crippen LogP contribution in [0.1, 0.15) is 18.4 Å². The second kappa shape index (κ2) is 6.02. The Balaban J connectivity index is 1.70. The van der Waals surface area contributed by atoms with Crippen LogP contribution >= 0.6 is 11.6 Å². The van der Waals surface area contributed by atoms with Crippen LogP contribution in [0.4, 0.5) is 10.2 Å². The normalized spacial score (nSPS) is 17.8. The number of nitrogens with zero attached hydrogens (tertiary/aromatic N) is 5. The minimum atomic E-state index is -0.247. The van der Waals surface area contributed by atoms with Crippen molar-refractivity contribution in [3.63, 3.8) is 0 Å². The van der Waals surface area contributed by atoms with E-state index in [9.17, 15) is 4.39 Å². The summed E-state index contributed by atoms with van der Waals surface area (Å²) in [6.07, 6.45) is 5.94. The zero-order chi connectivity index (χ0) is 16.7. The lowest BCUT2D eigenvalue weighted by molar-refractivity contribution is 0.583. The molecule has 0 aliphatic carbocycles. The van der Waals surface area contributed by atoms with Gasteiger partial charge in [0, 0.05) is 30.2 Å². The van der Waals surface area contributed by atoms with Gasteiger partial charge in [-0.05, 0) is 31.4 Å². The molecule has 0 radical (unpaired) electrons. The lowest BCUT2D eigenvalue weighted by atomic mass is 10.0. The lowest BCUT2D eigenvalue weighted by Gasteiger charge is -2.26. The minimum absolute atomic E-state index is 0.165. The summed E-state index contributed by atoms with van der Waals surface area (Å²) in [7, 11) is 1.86. The number of hydrogen-bond donors (Lipinski definition) is 0. The molecular formula is C17H17ClFN5. The molecule has 1 atom stereocenters. The van der Waals surface area contributed by atoms with Gasteiger partial charge in [-0.15, -0.1) is 0 Å². The summed E-state index contributed by atoms with van der Waals surface area (Å²) < 4.78 is 15.9. The lowest BCUT2D eigenvalue weighted by Crippen LogP contribution is -2.32. The molecule has 24 heavy (non-hydrogen) atoms. The maximum atomic E-state index is 14.1. The SMILES string of the molecule is Cn1ncc2c(N3CCCC3Cc3c(F)cccc3Cl)ncnc21. The standard InChI is InChI=1S/C17H17ClFN5/c1-23-16-13(9-22-23)17(21-10-20-16)24-7-3-4-11(24)8-12-14(18)5-2-6-15(12)19/h2,5-6,9-11H,3-4,7-8H2,1H3. The highest BCUT2D eigenvalue weighted by Crippen LogP contribution is 2.32. The fraction of sp³-hybridized carbons (Fsp3) is 0.353. The predicted molar refractivity (Wildman–Crippen MR) is 91.8 cm³/mol. The van der Waals surface area contributed by atoms with Crippen molar-refractivity contribution >= 4 is 28.5 Å². The molecule has 3 aromatic rings. The van der Waals surface area contributed by atoms with E-state index in [0.29, 0.717) is 17.0 Å². The first-order chi connectivity index (χ1) is 11.6. The van der Waals surface area contributed by atoms with Gasteiger partial charge in [0.2, 0.25) is 0 Å². The topological polar surface area (TPSA) is 46.8 Å². The highest BCUT2D eigenvalue weighted by Gasteiger charge is 2.29. The van der Waals surface area contributed by atoms with Gasteiger partial charge in [0.25, 0.3) is 0 Å². The molecular weight excluding hydrogens is 329 g/mol. The third kappa shape index (κ3) is 2.51. The van der Waals surface area contributed by atoms with Crippen molar-refractivity contribution in [1.29, 1.82) is 0 Å². The first kappa shape index (κ1) is 15.3. The first-order valence-corrected chi connectivity index (χ1v) is 8.35. The van der Waals surface area contributed by atoms with Crippen molar-refractivity contribution in [3.8, 4) is 0 Å². The molecule has 124 valence electrons. The van der Waals surface area contributed by atoms with Crippen LogP contribution in [0.5, 0.6) is 0 Å². The van der Waals surface area contributed by atoms with E-state index in [0.717, 1.165) is 36.2 Å². The third-order valence-electron chi connectivity index (χ3n) is 4.66. The Morgan fingerprint density at radius 3 is 3.04 bits per heavy atom. The van der Waals surface area contributed by atoms with Gasteiger partial charge >= 0.3 is 0 Å². The van der Waals surface area contributed by atoms with Crippen molar-refractivity contribution in [2.75, 3.05) is 11.4 Å². The summed E-state index contributed by atoms with van der Waals surface area (Å²) >= 11 is 6.20. The number of benzene rings is 1. The maximum absolute atomic E-state index is 14.1. The second-order valence-corrected chi connectivity index (χ2v) is 6.50.